The van der Waals surface area contributed by atoms with Crippen LogP contribution in [0.5, 0.6) is 0 Å². The third-order valence-corrected chi connectivity index (χ3v) is 3.17. The average Bonchev–Trinajstić information content (AvgIpc) is 2.40. The number of carbonyl (C=O) groups excluding carboxylic acids is 1. The Kier molecular flexibility index (Phi) is 4.73. The molecule has 1 aromatic carbocycles. The van der Waals surface area contributed by atoms with Gasteiger partial charge < -0.3 is 15.4 Å². The molecule has 4 heteroatoms. The molecule has 1 fully saturated rings. The molecule has 1 saturated heterocycles. The van der Waals surface area contributed by atoms with Crippen molar-refractivity contribution in [2.24, 2.45) is 5.92 Å². The van der Waals surface area contributed by atoms with E-state index in [2.05, 4.69) is 10.6 Å². The van der Waals surface area contributed by atoms with E-state index in [1.54, 1.807) is 7.11 Å². The molecule has 1 aliphatic rings. The van der Waals surface area contributed by atoms with Crippen molar-refractivity contribution in [3.63, 3.8) is 0 Å². The first-order valence-electron chi connectivity index (χ1n) is 6.39. The molecule has 0 aliphatic carbocycles. The molecule has 4 nitrogen and oxygen atoms in total. The fourth-order valence-electron chi connectivity index (χ4n) is 2.23. The van der Waals surface area contributed by atoms with Crippen LogP contribution in [0, 0.1) is 5.92 Å². The molecule has 1 atom stereocenters. The summed E-state index contributed by atoms with van der Waals surface area (Å²) in [6.45, 7) is 2.37. The van der Waals surface area contributed by atoms with Crippen LogP contribution in [0.3, 0.4) is 0 Å². The van der Waals surface area contributed by atoms with Gasteiger partial charge in [0.15, 0.2) is 0 Å². The third kappa shape index (κ3) is 3.55. The molecule has 2 rings (SSSR count). The highest BCUT2D eigenvalue weighted by atomic mass is 16.5. The van der Waals surface area contributed by atoms with E-state index in [4.69, 9.17) is 4.74 Å². The topological polar surface area (TPSA) is 50.4 Å². The number of anilines is 1. The number of hydrogen-bond acceptors (Lipinski definition) is 3. The highest BCUT2D eigenvalue weighted by Gasteiger charge is 2.20. The number of benzene rings is 1. The maximum atomic E-state index is 12.1. The van der Waals surface area contributed by atoms with Gasteiger partial charge in [-0.2, -0.15) is 0 Å². The third-order valence-electron chi connectivity index (χ3n) is 3.17. The zero-order chi connectivity index (χ0) is 12.8. The smallest absolute Gasteiger partial charge is 0.228 e. The average molecular weight is 248 g/mol. The van der Waals surface area contributed by atoms with E-state index >= 15 is 0 Å². The molecule has 1 unspecified atom stereocenters. The number of methoxy groups -OCH3 is 1. The molecule has 0 spiro atoms. The van der Waals surface area contributed by atoms with Gasteiger partial charge in [0, 0.05) is 19.3 Å². The standard InChI is InChI=1S/C14H20N2O2/c1-18-10-11-4-2-6-13(8-11)16-14(17)12-5-3-7-15-9-12/h2,4,6,8,12,15H,3,5,7,9-10H2,1H3,(H,16,17). The Balaban J connectivity index is 1.95. The van der Waals surface area contributed by atoms with E-state index in [-0.39, 0.29) is 11.8 Å². The highest BCUT2D eigenvalue weighted by Crippen LogP contribution is 2.15. The van der Waals surface area contributed by atoms with Crippen molar-refractivity contribution in [2.45, 2.75) is 19.4 Å². The van der Waals surface area contributed by atoms with Gasteiger partial charge in [-0.3, -0.25) is 4.79 Å². The van der Waals surface area contributed by atoms with E-state index in [9.17, 15) is 4.79 Å². The van der Waals surface area contributed by atoms with Crippen LogP contribution < -0.4 is 10.6 Å². The van der Waals surface area contributed by atoms with Gasteiger partial charge in [0.1, 0.15) is 0 Å². The van der Waals surface area contributed by atoms with Crippen LogP contribution in [0.1, 0.15) is 18.4 Å². The summed E-state index contributed by atoms with van der Waals surface area (Å²) in [6.07, 6.45) is 2.04. The van der Waals surface area contributed by atoms with Crippen molar-refractivity contribution < 1.29 is 9.53 Å². The van der Waals surface area contributed by atoms with E-state index in [1.165, 1.54) is 0 Å². The number of carbonyl (C=O) groups is 1. The van der Waals surface area contributed by atoms with Crippen LogP contribution in [-0.4, -0.2) is 26.1 Å². The number of nitrogens with one attached hydrogen (secondary N) is 2. The first-order chi connectivity index (χ1) is 8.79. The summed E-state index contributed by atoms with van der Waals surface area (Å²) in [5.41, 5.74) is 1.91. The number of piperidine rings is 1. The quantitative estimate of drug-likeness (QED) is 0.854. The molecule has 0 aromatic heterocycles. The second-order valence-electron chi connectivity index (χ2n) is 4.67. The summed E-state index contributed by atoms with van der Waals surface area (Å²) < 4.78 is 5.08. The Morgan fingerprint density at radius 3 is 3.17 bits per heavy atom. The minimum absolute atomic E-state index is 0.0878. The van der Waals surface area contributed by atoms with Crippen molar-refractivity contribution in [1.82, 2.24) is 5.32 Å². The Hall–Kier alpha value is -1.39. The first-order valence-corrected chi connectivity index (χ1v) is 6.39. The van der Waals surface area contributed by atoms with Crippen LogP contribution in [-0.2, 0) is 16.1 Å². The lowest BCUT2D eigenvalue weighted by Crippen LogP contribution is -2.37. The molecule has 1 amide bonds. The molecular formula is C14H20N2O2. The van der Waals surface area contributed by atoms with Crippen molar-refractivity contribution in [3.8, 4) is 0 Å². The van der Waals surface area contributed by atoms with Crippen LogP contribution >= 0.6 is 0 Å². The monoisotopic (exact) mass is 248 g/mol. The van der Waals surface area contributed by atoms with Crippen molar-refractivity contribution in [2.75, 3.05) is 25.5 Å². The summed E-state index contributed by atoms with van der Waals surface area (Å²) in [5, 5.41) is 6.23. The van der Waals surface area contributed by atoms with Crippen molar-refractivity contribution >= 4 is 11.6 Å². The number of rotatable bonds is 4. The van der Waals surface area contributed by atoms with Gasteiger partial charge in [-0.15, -0.1) is 0 Å². The lowest BCUT2D eigenvalue weighted by Gasteiger charge is -2.22. The number of hydrogen-bond donors (Lipinski definition) is 2. The molecule has 0 saturated carbocycles. The van der Waals surface area contributed by atoms with E-state index in [0.717, 1.165) is 37.2 Å². The Bertz CT molecular complexity index is 401. The van der Waals surface area contributed by atoms with Crippen LogP contribution in [0.2, 0.25) is 0 Å². The molecular weight excluding hydrogens is 228 g/mol. The fraction of sp³-hybridized carbons (Fsp3) is 0.500. The van der Waals surface area contributed by atoms with E-state index in [1.807, 2.05) is 24.3 Å². The van der Waals surface area contributed by atoms with Crippen LogP contribution in [0.4, 0.5) is 5.69 Å². The van der Waals surface area contributed by atoms with Gasteiger partial charge in [-0.05, 0) is 37.1 Å². The Morgan fingerprint density at radius 2 is 2.44 bits per heavy atom. The molecule has 0 bridgehead atoms. The fourth-order valence-corrected chi connectivity index (χ4v) is 2.23. The van der Waals surface area contributed by atoms with Crippen molar-refractivity contribution in [3.05, 3.63) is 29.8 Å². The summed E-state index contributed by atoms with van der Waals surface area (Å²) in [5.74, 6) is 0.196. The molecule has 2 N–H and O–H groups in total. The number of amides is 1. The maximum absolute atomic E-state index is 12.1. The molecule has 0 radical (unpaired) electrons. The zero-order valence-corrected chi connectivity index (χ0v) is 10.7. The minimum Gasteiger partial charge on any atom is -0.380 e. The van der Waals surface area contributed by atoms with Crippen LogP contribution in [0.25, 0.3) is 0 Å². The van der Waals surface area contributed by atoms with Crippen molar-refractivity contribution in [1.29, 1.82) is 0 Å². The highest BCUT2D eigenvalue weighted by molar-refractivity contribution is 5.92. The minimum atomic E-state index is 0.0878. The summed E-state index contributed by atoms with van der Waals surface area (Å²) >= 11 is 0. The lowest BCUT2D eigenvalue weighted by molar-refractivity contribution is -0.120. The second-order valence-corrected chi connectivity index (χ2v) is 4.67. The normalized spacial score (nSPS) is 19.5. The molecule has 1 aromatic rings. The van der Waals surface area contributed by atoms with Gasteiger partial charge in [0.05, 0.1) is 12.5 Å². The maximum Gasteiger partial charge on any atom is 0.228 e. The molecule has 18 heavy (non-hydrogen) atoms. The zero-order valence-electron chi connectivity index (χ0n) is 10.7. The predicted octanol–water partition coefficient (Wildman–Crippen LogP) is 1.77. The first kappa shape index (κ1) is 13.1. The molecule has 1 aliphatic heterocycles. The van der Waals surface area contributed by atoms with Crippen LogP contribution in [0.15, 0.2) is 24.3 Å². The number of ether oxygens (including phenoxy) is 1. The molecule has 98 valence electrons. The van der Waals surface area contributed by atoms with Gasteiger partial charge in [0.2, 0.25) is 5.91 Å². The summed E-state index contributed by atoms with van der Waals surface area (Å²) in [6, 6.07) is 7.79. The van der Waals surface area contributed by atoms with E-state index in [0.29, 0.717) is 6.61 Å². The SMILES string of the molecule is COCc1cccc(NC(=O)C2CCCNC2)c1. The van der Waals surface area contributed by atoms with Gasteiger partial charge in [0.25, 0.3) is 0 Å². The van der Waals surface area contributed by atoms with Gasteiger partial charge >= 0.3 is 0 Å². The Labute approximate surface area is 108 Å². The molecule has 1 heterocycles. The largest absolute Gasteiger partial charge is 0.380 e. The summed E-state index contributed by atoms with van der Waals surface area (Å²) in [4.78, 5) is 12.1. The summed E-state index contributed by atoms with van der Waals surface area (Å²) in [7, 11) is 1.67. The Morgan fingerprint density at radius 1 is 1.56 bits per heavy atom. The van der Waals surface area contributed by atoms with E-state index < -0.39 is 0 Å². The second kappa shape index (κ2) is 6.52. The van der Waals surface area contributed by atoms with Gasteiger partial charge in [-0.25, -0.2) is 0 Å². The predicted molar refractivity (Wildman–Crippen MR) is 71.4 cm³/mol. The lowest BCUT2D eigenvalue weighted by atomic mass is 9.99. The van der Waals surface area contributed by atoms with Gasteiger partial charge in [-0.1, -0.05) is 12.1 Å².